The van der Waals surface area contributed by atoms with Crippen LogP contribution in [0.15, 0.2) is 0 Å². The molecule has 0 aromatic heterocycles. The van der Waals surface area contributed by atoms with Crippen LogP contribution >= 0.6 is 0 Å². The van der Waals surface area contributed by atoms with Gasteiger partial charge in [0.1, 0.15) is 0 Å². The summed E-state index contributed by atoms with van der Waals surface area (Å²) in [5.74, 6) is 0. The van der Waals surface area contributed by atoms with E-state index in [0.717, 1.165) is 5.54 Å². The van der Waals surface area contributed by atoms with Gasteiger partial charge >= 0.3 is 0 Å². The second kappa shape index (κ2) is 18.3. The summed E-state index contributed by atoms with van der Waals surface area (Å²) in [6, 6.07) is 0. The molecular formula is C20H44Si. The predicted molar refractivity (Wildman–Crippen MR) is 104 cm³/mol. The Morgan fingerprint density at radius 3 is 1.10 bits per heavy atom. The number of rotatable bonds is 17. The van der Waals surface area contributed by atoms with Gasteiger partial charge in [-0.05, 0) is 0 Å². The lowest BCUT2D eigenvalue weighted by Crippen LogP contribution is -1.86. The molecule has 0 saturated carbocycles. The summed E-state index contributed by atoms with van der Waals surface area (Å²) in [6.07, 6.45) is 25.2. The third-order valence-corrected chi connectivity index (χ3v) is 5.21. The molecule has 0 amide bonds. The predicted octanol–water partition coefficient (Wildman–Crippen LogP) is 6.81. The van der Waals surface area contributed by atoms with Crippen LogP contribution in [0.5, 0.6) is 0 Å². The maximum Gasteiger partial charge on any atom is 0.00637 e. The van der Waals surface area contributed by atoms with Crippen molar-refractivity contribution in [3.63, 3.8) is 0 Å². The van der Waals surface area contributed by atoms with E-state index in [9.17, 15) is 0 Å². The highest BCUT2D eigenvalue weighted by molar-refractivity contribution is 6.11. The second-order valence-electron chi connectivity index (χ2n) is 7.49. The van der Waals surface area contributed by atoms with E-state index < -0.39 is 0 Å². The van der Waals surface area contributed by atoms with E-state index in [1.54, 1.807) is 0 Å². The summed E-state index contributed by atoms with van der Waals surface area (Å²) in [7, 11) is 1.39. The van der Waals surface area contributed by atoms with Crippen LogP contribution in [0.3, 0.4) is 0 Å². The molecule has 0 bridgehead atoms. The van der Waals surface area contributed by atoms with Gasteiger partial charge < -0.3 is 0 Å². The van der Waals surface area contributed by atoms with E-state index in [4.69, 9.17) is 0 Å². The van der Waals surface area contributed by atoms with Gasteiger partial charge in [-0.25, -0.2) is 0 Å². The Balaban J connectivity index is 2.93. The third-order valence-electron chi connectivity index (χ3n) is 4.64. The van der Waals surface area contributed by atoms with E-state index in [1.165, 1.54) is 119 Å². The first-order chi connectivity index (χ1) is 10.3. The van der Waals surface area contributed by atoms with Gasteiger partial charge in [0, 0.05) is 10.2 Å². The van der Waals surface area contributed by atoms with Gasteiger partial charge in [0.2, 0.25) is 0 Å². The SMILES string of the molecule is CCCCCCCCCCCCCCCCCCC(C)[SiH3]. The normalized spacial score (nSPS) is 12.9. The van der Waals surface area contributed by atoms with E-state index in [0.29, 0.717) is 0 Å². The minimum atomic E-state index is 1.04. The Hall–Kier alpha value is 0.217. The highest BCUT2D eigenvalue weighted by Gasteiger charge is 1.96. The number of hydrogen-bond acceptors (Lipinski definition) is 0. The summed E-state index contributed by atoms with van der Waals surface area (Å²) >= 11 is 0. The molecule has 0 rings (SSSR count). The largest absolute Gasteiger partial charge is 0.0658 e. The Kier molecular flexibility index (Phi) is 18.5. The monoisotopic (exact) mass is 312 g/mol. The first kappa shape index (κ1) is 21.2. The molecule has 0 aromatic carbocycles. The zero-order valence-corrected chi connectivity index (χ0v) is 17.6. The topological polar surface area (TPSA) is 0 Å². The Morgan fingerprint density at radius 2 is 0.810 bits per heavy atom. The summed E-state index contributed by atoms with van der Waals surface area (Å²) < 4.78 is 0. The molecule has 0 fully saturated rings. The van der Waals surface area contributed by atoms with Crippen LogP contribution in [0.2, 0.25) is 5.54 Å². The van der Waals surface area contributed by atoms with Crippen molar-refractivity contribution in [3.8, 4) is 0 Å². The van der Waals surface area contributed by atoms with Crippen molar-refractivity contribution in [2.45, 2.75) is 129 Å². The molecule has 0 aliphatic heterocycles. The molecule has 0 aliphatic carbocycles. The summed E-state index contributed by atoms with van der Waals surface area (Å²) in [4.78, 5) is 0. The van der Waals surface area contributed by atoms with Gasteiger partial charge in [-0.2, -0.15) is 0 Å². The molecule has 0 N–H and O–H groups in total. The van der Waals surface area contributed by atoms with Gasteiger partial charge in [0.25, 0.3) is 0 Å². The summed E-state index contributed by atoms with van der Waals surface area (Å²) in [5, 5.41) is 0. The molecule has 0 heterocycles. The number of hydrogen-bond donors (Lipinski definition) is 0. The first-order valence-electron chi connectivity index (χ1n) is 10.3. The average Bonchev–Trinajstić information content (AvgIpc) is 2.46. The van der Waals surface area contributed by atoms with Crippen LogP contribution in [0.1, 0.15) is 123 Å². The Bertz CT molecular complexity index is 177. The fourth-order valence-corrected chi connectivity index (χ4v) is 3.51. The van der Waals surface area contributed by atoms with E-state index in [2.05, 4.69) is 13.8 Å². The molecule has 21 heavy (non-hydrogen) atoms. The molecule has 0 spiro atoms. The minimum absolute atomic E-state index is 1.04. The molecule has 0 nitrogen and oxygen atoms in total. The quantitative estimate of drug-likeness (QED) is 0.204. The van der Waals surface area contributed by atoms with E-state index in [1.807, 2.05) is 0 Å². The average molecular weight is 313 g/mol. The zero-order chi connectivity index (χ0) is 15.6. The third kappa shape index (κ3) is 20.2. The van der Waals surface area contributed by atoms with Gasteiger partial charge in [-0.3, -0.25) is 0 Å². The van der Waals surface area contributed by atoms with Crippen LogP contribution in [0.25, 0.3) is 0 Å². The molecule has 128 valence electrons. The maximum absolute atomic E-state index is 2.40. The van der Waals surface area contributed by atoms with E-state index in [-0.39, 0.29) is 0 Å². The van der Waals surface area contributed by atoms with Crippen LogP contribution < -0.4 is 0 Å². The molecule has 0 aliphatic rings. The van der Waals surface area contributed by atoms with Crippen molar-refractivity contribution < 1.29 is 0 Å². The van der Waals surface area contributed by atoms with Crippen LogP contribution in [0, 0.1) is 0 Å². The molecule has 1 unspecified atom stereocenters. The highest BCUT2D eigenvalue weighted by atomic mass is 28.1. The highest BCUT2D eigenvalue weighted by Crippen LogP contribution is 2.15. The fraction of sp³-hybridized carbons (Fsp3) is 1.00. The lowest BCUT2D eigenvalue weighted by atomic mass is 10.0. The van der Waals surface area contributed by atoms with Gasteiger partial charge in [-0.1, -0.05) is 129 Å². The van der Waals surface area contributed by atoms with Crippen molar-refractivity contribution in [1.29, 1.82) is 0 Å². The lowest BCUT2D eigenvalue weighted by molar-refractivity contribution is 0.526. The zero-order valence-electron chi connectivity index (χ0n) is 15.6. The second-order valence-corrected chi connectivity index (χ2v) is 9.46. The summed E-state index contributed by atoms with van der Waals surface area (Å²) in [5.41, 5.74) is 1.04. The Morgan fingerprint density at radius 1 is 0.524 bits per heavy atom. The summed E-state index contributed by atoms with van der Waals surface area (Å²) in [6.45, 7) is 4.70. The Labute approximate surface area is 139 Å². The van der Waals surface area contributed by atoms with E-state index >= 15 is 0 Å². The van der Waals surface area contributed by atoms with Gasteiger partial charge in [-0.15, -0.1) is 0 Å². The van der Waals surface area contributed by atoms with Crippen LogP contribution in [0.4, 0.5) is 0 Å². The fourth-order valence-electron chi connectivity index (χ4n) is 3.10. The molecule has 1 atom stereocenters. The standard InChI is InChI=1S/C20H44Si/c1-3-4-5-6-7-8-9-10-11-12-13-14-15-16-17-18-19-20(2)21/h20H,3-19H2,1-2,21H3. The first-order valence-corrected chi connectivity index (χ1v) is 11.4. The molecule has 0 saturated heterocycles. The van der Waals surface area contributed by atoms with Crippen LogP contribution in [-0.2, 0) is 0 Å². The van der Waals surface area contributed by atoms with Crippen molar-refractivity contribution in [2.75, 3.05) is 0 Å². The van der Waals surface area contributed by atoms with Crippen molar-refractivity contribution in [2.24, 2.45) is 0 Å². The molecule has 0 aromatic rings. The minimum Gasteiger partial charge on any atom is -0.0658 e. The van der Waals surface area contributed by atoms with Gasteiger partial charge in [0.15, 0.2) is 0 Å². The lowest BCUT2D eigenvalue weighted by Gasteiger charge is -2.05. The maximum atomic E-state index is 2.40. The van der Waals surface area contributed by atoms with Crippen molar-refractivity contribution in [3.05, 3.63) is 0 Å². The smallest absolute Gasteiger partial charge is 0.00637 e. The molecule has 1 heteroatoms. The molecular weight excluding hydrogens is 268 g/mol. The number of unbranched alkanes of at least 4 members (excludes halogenated alkanes) is 15. The van der Waals surface area contributed by atoms with Crippen molar-refractivity contribution in [1.82, 2.24) is 0 Å². The van der Waals surface area contributed by atoms with Crippen molar-refractivity contribution >= 4 is 10.2 Å². The molecule has 0 radical (unpaired) electrons. The van der Waals surface area contributed by atoms with Gasteiger partial charge in [0.05, 0.1) is 0 Å². The van der Waals surface area contributed by atoms with Crippen LogP contribution in [-0.4, -0.2) is 10.2 Å².